The number of carbonyl (C=O) groups is 2. The first-order chi connectivity index (χ1) is 8.78. The van der Waals surface area contributed by atoms with Crippen LogP contribution in [0.5, 0.6) is 0 Å². The SMILES string of the molecule is CC(C)(O)CC(CC(=O)Nc1cccnc1)C(=O)[O-].[K+]. The molecular formula is C13H17KN2O4. The third-order valence-corrected chi connectivity index (χ3v) is 2.46. The summed E-state index contributed by atoms with van der Waals surface area (Å²) in [5, 5.41) is 23.1. The number of hydrogen-bond acceptors (Lipinski definition) is 5. The van der Waals surface area contributed by atoms with Gasteiger partial charge < -0.3 is 20.3 Å². The number of anilines is 1. The summed E-state index contributed by atoms with van der Waals surface area (Å²) in [6, 6.07) is 3.30. The van der Waals surface area contributed by atoms with Gasteiger partial charge in [-0.2, -0.15) is 0 Å². The first-order valence-electron chi connectivity index (χ1n) is 5.91. The van der Waals surface area contributed by atoms with Crippen LogP contribution in [0.4, 0.5) is 5.69 Å². The van der Waals surface area contributed by atoms with Crippen molar-refractivity contribution < 1.29 is 71.2 Å². The van der Waals surface area contributed by atoms with Gasteiger partial charge >= 0.3 is 51.4 Å². The number of aromatic nitrogens is 1. The van der Waals surface area contributed by atoms with Crippen molar-refractivity contribution in [3.8, 4) is 0 Å². The average Bonchev–Trinajstić information content (AvgIpc) is 2.27. The number of carboxylic acid groups (broad SMARTS) is 1. The standard InChI is InChI=1S/C13H18N2O4.K/c1-13(2,19)7-9(12(17)18)6-11(16)15-10-4-3-5-14-8-10;/h3-5,8-9,19H,6-7H2,1-2H3,(H,15,16)(H,17,18);/q;+1/p-1. The Kier molecular flexibility index (Phi) is 8.72. The van der Waals surface area contributed by atoms with Crippen molar-refractivity contribution in [1.82, 2.24) is 4.98 Å². The summed E-state index contributed by atoms with van der Waals surface area (Å²) < 4.78 is 0. The Morgan fingerprint density at radius 3 is 2.60 bits per heavy atom. The number of carbonyl (C=O) groups excluding carboxylic acids is 2. The summed E-state index contributed by atoms with van der Waals surface area (Å²) in [5.41, 5.74) is -0.674. The fraction of sp³-hybridized carbons (Fsp3) is 0.462. The normalized spacial score (nSPS) is 12.2. The molecule has 1 amide bonds. The van der Waals surface area contributed by atoms with Gasteiger partial charge in [-0.3, -0.25) is 9.78 Å². The summed E-state index contributed by atoms with van der Waals surface area (Å²) in [4.78, 5) is 26.5. The molecule has 104 valence electrons. The van der Waals surface area contributed by atoms with Crippen molar-refractivity contribution in [3.63, 3.8) is 0 Å². The predicted molar refractivity (Wildman–Crippen MR) is 66.9 cm³/mol. The van der Waals surface area contributed by atoms with Crippen LogP contribution in [-0.2, 0) is 9.59 Å². The van der Waals surface area contributed by atoms with E-state index < -0.39 is 23.4 Å². The number of carboxylic acids is 1. The fourth-order valence-electron chi connectivity index (χ4n) is 1.71. The number of aliphatic hydroxyl groups is 1. The van der Waals surface area contributed by atoms with E-state index in [1.807, 2.05) is 0 Å². The molecule has 0 radical (unpaired) electrons. The molecule has 1 atom stereocenters. The number of hydrogen-bond donors (Lipinski definition) is 2. The molecule has 6 nitrogen and oxygen atoms in total. The van der Waals surface area contributed by atoms with Crippen LogP contribution in [0, 0.1) is 5.92 Å². The summed E-state index contributed by atoms with van der Waals surface area (Å²) in [7, 11) is 0. The van der Waals surface area contributed by atoms with Crippen LogP contribution in [-0.4, -0.2) is 27.6 Å². The molecule has 0 aliphatic rings. The zero-order valence-electron chi connectivity index (χ0n) is 11.9. The van der Waals surface area contributed by atoms with Crippen molar-refractivity contribution in [2.45, 2.75) is 32.3 Å². The summed E-state index contributed by atoms with van der Waals surface area (Å²) in [6.45, 7) is 2.98. The summed E-state index contributed by atoms with van der Waals surface area (Å²) in [5.74, 6) is -2.83. The quantitative estimate of drug-likeness (QED) is 0.543. The van der Waals surface area contributed by atoms with E-state index in [0.29, 0.717) is 5.69 Å². The second-order valence-corrected chi connectivity index (χ2v) is 5.03. The first-order valence-corrected chi connectivity index (χ1v) is 5.91. The Hall–Kier alpha value is -0.314. The monoisotopic (exact) mass is 304 g/mol. The summed E-state index contributed by atoms with van der Waals surface area (Å²) >= 11 is 0. The molecule has 1 aromatic heterocycles. The van der Waals surface area contributed by atoms with E-state index in [4.69, 9.17) is 0 Å². The minimum absolute atomic E-state index is 0. The number of aliphatic carboxylic acids is 1. The molecule has 1 unspecified atom stereocenters. The summed E-state index contributed by atoms with van der Waals surface area (Å²) in [6.07, 6.45) is 2.73. The van der Waals surface area contributed by atoms with E-state index in [1.165, 1.54) is 20.0 Å². The van der Waals surface area contributed by atoms with E-state index in [1.54, 1.807) is 18.3 Å². The molecule has 0 fully saturated rings. The first kappa shape index (κ1) is 19.7. The Morgan fingerprint density at radius 1 is 1.50 bits per heavy atom. The van der Waals surface area contributed by atoms with E-state index in [9.17, 15) is 19.8 Å². The van der Waals surface area contributed by atoms with E-state index in [-0.39, 0.29) is 64.2 Å². The van der Waals surface area contributed by atoms with Crippen molar-refractivity contribution in [2.24, 2.45) is 5.92 Å². The molecule has 1 aromatic rings. The van der Waals surface area contributed by atoms with Crippen molar-refractivity contribution >= 4 is 17.6 Å². The van der Waals surface area contributed by atoms with Gasteiger partial charge in [0, 0.05) is 24.5 Å². The Labute approximate surface area is 160 Å². The topological polar surface area (TPSA) is 102 Å². The van der Waals surface area contributed by atoms with Crippen LogP contribution in [0.3, 0.4) is 0 Å². The van der Waals surface area contributed by atoms with Crippen LogP contribution in [0.25, 0.3) is 0 Å². The van der Waals surface area contributed by atoms with E-state index >= 15 is 0 Å². The minimum Gasteiger partial charge on any atom is -0.550 e. The molecule has 0 aliphatic heterocycles. The van der Waals surface area contributed by atoms with Gasteiger partial charge in [0.15, 0.2) is 0 Å². The number of nitrogens with one attached hydrogen (secondary N) is 1. The molecule has 20 heavy (non-hydrogen) atoms. The molecule has 0 saturated carbocycles. The van der Waals surface area contributed by atoms with E-state index in [2.05, 4.69) is 10.3 Å². The third kappa shape index (κ3) is 8.08. The van der Waals surface area contributed by atoms with Gasteiger partial charge in [-0.05, 0) is 32.4 Å². The van der Waals surface area contributed by atoms with Crippen LogP contribution >= 0.6 is 0 Å². The molecule has 2 N–H and O–H groups in total. The Morgan fingerprint density at radius 2 is 2.15 bits per heavy atom. The predicted octanol–water partition coefficient (Wildman–Crippen LogP) is -3.06. The van der Waals surface area contributed by atoms with Crippen molar-refractivity contribution in [2.75, 3.05) is 5.32 Å². The molecule has 0 spiro atoms. The largest absolute Gasteiger partial charge is 1.00 e. The maximum atomic E-state index is 11.7. The van der Waals surface area contributed by atoms with Gasteiger partial charge in [0.1, 0.15) is 0 Å². The fourth-order valence-corrected chi connectivity index (χ4v) is 1.71. The van der Waals surface area contributed by atoms with Gasteiger partial charge in [0.25, 0.3) is 0 Å². The molecule has 0 saturated heterocycles. The van der Waals surface area contributed by atoms with E-state index in [0.717, 1.165) is 0 Å². The van der Waals surface area contributed by atoms with Crippen LogP contribution < -0.4 is 61.8 Å². The number of rotatable bonds is 6. The van der Waals surface area contributed by atoms with Gasteiger partial charge in [0.05, 0.1) is 17.5 Å². The molecule has 1 heterocycles. The smallest absolute Gasteiger partial charge is 0.550 e. The molecule has 0 bridgehead atoms. The van der Waals surface area contributed by atoms with Crippen LogP contribution in [0.2, 0.25) is 0 Å². The molecule has 0 aliphatic carbocycles. The molecular weight excluding hydrogens is 287 g/mol. The van der Waals surface area contributed by atoms with Gasteiger partial charge in [-0.1, -0.05) is 0 Å². The van der Waals surface area contributed by atoms with Crippen molar-refractivity contribution in [1.29, 1.82) is 0 Å². The van der Waals surface area contributed by atoms with Crippen LogP contribution in [0.15, 0.2) is 24.5 Å². The number of nitrogens with zero attached hydrogens (tertiary/aromatic N) is 1. The second kappa shape index (κ2) is 8.86. The molecule has 7 heteroatoms. The zero-order chi connectivity index (χ0) is 14.5. The number of amides is 1. The third-order valence-electron chi connectivity index (χ3n) is 2.46. The van der Waals surface area contributed by atoms with Gasteiger partial charge in [0.2, 0.25) is 5.91 Å². The van der Waals surface area contributed by atoms with Crippen molar-refractivity contribution in [3.05, 3.63) is 24.5 Å². The van der Waals surface area contributed by atoms with Crippen LogP contribution in [0.1, 0.15) is 26.7 Å². The Balaban J connectivity index is 0.00000361. The molecule has 0 aromatic carbocycles. The number of pyridine rings is 1. The maximum absolute atomic E-state index is 11.7. The second-order valence-electron chi connectivity index (χ2n) is 5.03. The van der Waals surface area contributed by atoms with Gasteiger partial charge in [-0.25, -0.2) is 0 Å². The maximum Gasteiger partial charge on any atom is 1.00 e. The Bertz CT molecular complexity index is 445. The zero-order valence-corrected chi connectivity index (χ0v) is 15.0. The minimum atomic E-state index is -1.34. The van der Waals surface area contributed by atoms with Gasteiger partial charge in [-0.15, -0.1) is 0 Å². The average molecular weight is 304 g/mol. The molecule has 1 rings (SSSR count).